The highest BCUT2D eigenvalue weighted by atomic mass is 16.5. The number of fused-ring (bicyclic) bond motifs is 5. The van der Waals surface area contributed by atoms with E-state index in [0.29, 0.717) is 23.2 Å². The van der Waals surface area contributed by atoms with Crippen LogP contribution in [0.25, 0.3) is 0 Å². The summed E-state index contributed by atoms with van der Waals surface area (Å²) in [6.07, 6.45) is 26.2. The summed E-state index contributed by atoms with van der Waals surface area (Å²) in [5.74, 6) is 2.75. The van der Waals surface area contributed by atoms with Gasteiger partial charge in [-0.2, -0.15) is 0 Å². The van der Waals surface area contributed by atoms with Gasteiger partial charge in [-0.25, -0.2) is 0 Å². The molecule has 0 saturated heterocycles. The quantitative estimate of drug-likeness (QED) is 0.216. The van der Waals surface area contributed by atoms with Crippen LogP contribution in [0, 0.1) is 28.6 Å². The molecule has 188 valence electrons. The van der Waals surface area contributed by atoms with Crippen molar-refractivity contribution >= 4 is 5.78 Å². The van der Waals surface area contributed by atoms with Crippen LogP contribution in [0.4, 0.5) is 0 Å². The van der Waals surface area contributed by atoms with Crippen LogP contribution in [0.2, 0.25) is 0 Å². The molecule has 0 amide bonds. The van der Waals surface area contributed by atoms with Crippen molar-refractivity contribution in [1.29, 1.82) is 0 Å². The third-order valence-electron chi connectivity index (χ3n) is 10.6. The summed E-state index contributed by atoms with van der Waals surface area (Å²) >= 11 is 0. The molecule has 0 spiro atoms. The smallest absolute Gasteiger partial charge is 0.139 e. The van der Waals surface area contributed by atoms with Crippen LogP contribution in [0.5, 0.6) is 0 Å². The van der Waals surface area contributed by atoms with Gasteiger partial charge in [-0.05, 0) is 74.5 Å². The average molecular weight is 457 g/mol. The monoisotopic (exact) mass is 456 g/mol. The van der Waals surface area contributed by atoms with Gasteiger partial charge in [-0.1, -0.05) is 90.2 Å². The number of allylic oxidation sites excluding steroid dienone is 1. The Balaban J connectivity index is 1.17. The fourth-order valence-electron chi connectivity index (χ4n) is 8.38. The number of rotatable bonds is 12. The Hall–Kier alpha value is -0.630. The van der Waals surface area contributed by atoms with Crippen molar-refractivity contribution in [2.45, 2.75) is 142 Å². The molecule has 6 atom stereocenters. The van der Waals surface area contributed by atoms with Crippen LogP contribution in [-0.2, 0) is 9.53 Å². The normalized spacial score (nSPS) is 37.9. The fourth-order valence-corrected chi connectivity index (χ4v) is 8.38. The van der Waals surface area contributed by atoms with E-state index in [9.17, 15) is 4.79 Å². The molecule has 4 aliphatic rings. The fraction of sp³-hybridized carbons (Fsp3) is 0.903. The maximum Gasteiger partial charge on any atom is 0.139 e. The van der Waals surface area contributed by atoms with Crippen molar-refractivity contribution in [3.8, 4) is 0 Å². The average Bonchev–Trinajstić information content (AvgIpc) is 3.12. The molecule has 0 heterocycles. The summed E-state index contributed by atoms with van der Waals surface area (Å²) in [6, 6.07) is 0. The first-order chi connectivity index (χ1) is 16.0. The number of hydrogen-bond donors (Lipinski definition) is 0. The number of Topliss-reactive ketones (excluding diaryl/α,β-unsaturated/α-hetero) is 1. The topological polar surface area (TPSA) is 26.3 Å². The molecule has 0 N–H and O–H groups in total. The molecular formula is C31H52O2. The van der Waals surface area contributed by atoms with Crippen LogP contribution >= 0.6 is 0 Å². The molecule has 33 heavy (non-hydrogen) atoms. The molecule has 0 aromatic heterocycles. The number of ketones is 1. The Morgan fingerprint density at radius 3 is 2.21 bits per heavy atom. The molecule has 0 bridgehead atoms. The minimum atomic E-state index is -0.00175. The van der Waals surface area contributed by atoms with Gasteiger partial charge in [0.05, 0.1) is 6.10 Å². The van der Waals surface area contributed by atoms with E-state index in [0.717, 1.165) is 37.7 Å². The van der Waals surface area contributed by atoms with Gasteiger partial charge in [0.2, 0.25) is 0 Å². The Labute approximate surface area is 204 Å². The highest BCUT2D eigenvalue weighted by Crippen LogP contribution is 2.64. The highest BCUT2D eigenvalue weighted by Gasteiger charge is 2.58. The second-order valence-electron chi connectivity index (χ2n) is 12.6. The Bertz CT molecular complexity index is 680. The number of unbranched alkanes of at least 4 members (excludes halogenated alkanes) is 9. The van der Waals surface area contributed by atoms with Crippen molar-refractivity contribution in [3.63, 3.8) is 0 Å². The van der Waals surface area contributed by atoms with Crippen LogP contribution in [0.3, 0.4) is 0 Å². The Kier molecular flexibility index (Phi) is 8.80. The lowest BCUT2D eigenvalue weighted by molar-refractivity contribution is -0.132. The lowest BCUT2D eigenvalue weighted by Gasteiger charge is -2.57. The summed E-state index contributed by atoms with van der Waals surface area (Å²) in [5, 5.41) is 0. The Morgan fingerprint density at radius 2 is 1.48 bits per heavy atom. The van der Waals surface area contributed by atoms with E-state index in [2.05, 4.69) is 26.8 Å². The van der Waals surface area contributed by atoms with Crippen molar-refractivity contribution in [2.24, 2.45) is 28.6 Å². The third kappa shape index (κ3) is 5.46. The first-order valence-electron chi connectivity index (χ1n) is 14.8. The zero-order valence-corrected chi connectivity index (χ0v) is 22.1. The zero-order valence-electron chi connectivity index (χ0n) is 22.1. The van der Waals surface area contributed by atoms with Crippen molar-refractivity contribution in [2.75, 3.05) is 6.61 Å². The molecule has 4 aliphatic carbocycles. The summed E-state index contributed by atoms with van der Waals surface area (Å²) in [4.78, 5) is 12.6. The highest BCUT2D eigenvalue weighted by molar-refractivity contribution is 5.87. The summed E-state index contributed by atoms with van der Waals surface area (Å²) in [5.41, 5.74) is 2.07. The van der Waals surface area contributed by atoms with Crippen molar-refractivity contribution < 1.29 is 9.53 Å². The predicted octanol–water partition coefficient (Wildman–Crippen LogP) is 8.82. The largest absolute Gasteiger partial charge is 0.378 e. The van der Waals surface area contributed by atoms with E-state index >= 15 is 0 Å². The van der Waals surface area contributed by atoms with Gasteiger partial charge in [0.1, 0.15) is 5.78 Å². The van der Waals surface area contributed by atoms with E-state index in [1.165, 1.54) is 96.3 Å². The maximum absolute atomic E-state index is 12.6. The summed E-state index contributed by atoms with van der Waals surface area (Å²) < 4.78 is 6.40. The molecule has 4 rings (SSSR count). The van der Waals surface area contributed by atoms with Gasteiger partial charge in [0.25, 0.3) is 0 Å². The van der Waals surface area contributed by atoms with Crippen molar-refractivity contribution in [1.82, 2.24) is 0 Å². The molecule has 0 radical (unpaired) electrons. The van der Waals surface area contributed by atoms with Crippen LogP contribution in [-0.4, -0.2) is 18.5 Å². The minimum absolute atomic E-state index is 0.00175. The van der Waals surface area contributed by atoms with E-state index < -0.39 is 0 Å². The summed E-state index contributed by atoms with van der Waals surface area (Å²) in [6.45, 7) is 8.11. The minimum Gasteiger partial charge on any atom is -0.378 e. The van der Waals surface area contributed by atoms with Crippen molar-refractivity contribution in [3.05, 3.63) is 11.6 Å². The van der Waals surface area contributed by atoms with Gasteiger partial charge in [-0.3, -0.25) is 4.79 Å². The predicted molar refractivity (Wildman–Crippen MR) is 138 cm³/mol. The van der Waals surface area contributed by atoms with Gasteiger partial charge in [0.15, 0.2) is 0 Å². The number of ether oxygens (including phenoxy) is 1. The molecule has 0 aromatic rings. The van der Waals surface area contributed by atoms with Crippen LogP contribution in [0.1, 0.15) is 136 Å². The zero-order chi connectivity index (χ0) is 23.3. The number of hydrogen-bond acceptors (Lipinski definition) is 2. The second kappa shape index (κ2) is 11.4. The molecule has 3 saturated carbocycles. The maximum atomic E-state index is 12.6. The molecule has 3 fully saturated rings. The summed E-state index contributed by atoms with van der Waals surface area (Å²) in [7, 11) is 0. The number of carbonyl (C=O) groups excluding carboxylic acids is 1. The molecule has 0 aliphatic heterocycles. The standard InChI is InChI=1S/C31H52O2/c1-4-5-6-7-8-9-10-11-12-13-22-33-25-18-20-30(2)24(23-25)14-15-26-27-16-17-29(32)31(27,3)21-19-28(26)30/h14,25-28H,4-13,15-23H2,1-3H3/t25?,26-,27-,28+,30-,31-/m0/s1. The van der Waals surface area contributed by atoms with E-state index in [1.54, 1.807) is 5.57 Å². The molecule has 0 aromatic carbocycles. The first-order valence-corrected chi connectivity index (χ1v) is 14.8. The van der Waals surface area contributed by atoms with E-state index in [-0.39, 0.29) is 5.41 Å². The molecule has 2 nitrogen and oxygen atoms in total. The molecule has 2 heteroatoms. The Morgan fingerprint density at radius 1 is 0.848 bits per heavy atom. The lowest BCUT2D eigenvalue weighted by Crippen LogP contribution is -2.50. The third-order valence-corrected chi connectivity index (χ3v) is 10.6. The van der Waals surface area contributed by atoms with Gasteiger partial charge in [-0.15, -0.1) is 0 Å². The molecule has 1 unspecified atom stereocenters. The van der Waals surface area contributed by atoms with Gasteiger partial charge in [0, 0.05) is 18.4 Å². The van der Waals surface area contributed by atoms with Crippen LogP contribution in [0.15, 0.2) is 11.6 Å². The van der Waals surface area contributed by atoms with Gasteiger partial charge < -0.3 is 4.74 Å². The van der Waals surface area contributed by atoms with E-state index in [1.807, 2.05) is 0 Å². The number of carbonyl (C=O) groups is 1. The van der Waals surface area contributed by atoms with Crippen LogP contribution < -0.4 is 0 Å². The molecular weight excluding hydrogens is 404 g/mol. The SMILES string of the molecule is CCCCCCCCCCCCOC1CC[C@@]2(C)C(=CC[C@@H]3[C@H]2CC[C@]2(C)C(=O)CC[C@@H]32)C1. The first kappa shape index (κ1) is 25.5. The lowest BCUT2D eigenvalue weighted by atomic mass is 9.48. The van der Waals surface area contributed by atoms with E-state index in [4.69, 9.17) is 4.74 Å². The second-order valence-corrected chi connectivity index (χ2v) is 12.6. The van der Waals surface area contributed by atoms with Gasteiger partial charge >= 0.3 is 0 Å².